The SMILES string of the molecule is [2H]c1c([2H])c([2H])c(-c2ccc3c(c2)oc2c(-c4nc(-c5ccccc5)nc(-c5cccc6oc7ccccc7c56)n4)cccc23)c([2H])c1[2H]. The number of rotatable bonds is 4. The molecular weight excluding hydrogens is 542 g/mol. The summed E-state index contributed by atoms with van der Waals surface area (Å²) in [6.07, 6.45) is 0. The largest absolute Gasteiger partial charge is 0.456 e. The van der Waals surface area contributed by atoms with E-state index in [0.717, 1.165) is 43.8 Å². The van der Waals surface area contributed by atoms with Crippen LogP contribution < -0.4 is 0 Å². The van der Waals surface area contributed by atoms with Crippen molar-refractivity contribution in [1.29, 1.82) is 0 Å². The Labute approximate surface area is 259 Å². The van der Waals surface area contributed by atoms with Crippen LogP contribution in [0.3, 0.4) is 0 Å². The summed E-state index contributed by atoms with van der Waals surface area (Å²) in [7, 11) is 0. The molecule has 0 saturated heterocycles. The molecule has 0 radical (unpaired) electrons. The van der Waals surface area contributed by atoms with Gasteiger partial charge in [0.15, 0.2) is 17.5 Å². The minimum absolute atomic E-state index is 0.115. The molecule has 5 nitrogen and oxygen atoms in total. The minimum Gasteiger partial charge on any atom is -0.456 e. The number of fused-ring (bicyclic) bond motifs is 6. The molecule has 5 heteroatoms. The fourth-order valence-corrected chi connectivity index (χ4v) is 5.82. The number of benzene rings is 6. The molecule has 0 aliphatic heterocycles. The minimum atomic E-state index is -0.433. The second kappa shape index (κ2) is 9.75. The van der Waals surface area contributed by atoms with Gasteiger partial charge in [-0.3, -0.25) is 0 Å². The monoisotopic (exact) mass is 570 g/mol. The Morgan fingerprint density at radius 2 is 1.16 bits per heavy atom. The van der Waals surface area contributed by atoms with Gasteiger partial charge in [0.1, 0.15) is 22.3 Å². The Morgan fingerprint density at radius 3 is 2.05 bits per heavy atom. The smallest absolute Gasteiger partial charge is 0.167 e. The topological polar surface area (TPSA) is 65.0 Å². The Morgan fingerprint density at radius 1 is 0.455 bits per heavy atom. The second-order valence-corrected chi connectivity index (χ2v) is 10.4. The zero-order valence-corrected chi connectivity index (χ0v) is 23.1. The van der Waals surface area contributed by atoms with Gasteiger partial charge in [-0.2, -0.15) is 0 Å². The van der Waals surface area contributed by atoms with Gasteiger partial charge in [-0.05, 0) is 41.5 Å². The standard InChI is InChI=1S/C39H23N3O2/c1-3-11-24(12-4-1)26-21-22-27-28-16-9-18-31(36(28)44-34(27)23-26)39-41-37(25-13-5-2-6-14-25)40-38(42-39)30-17-10-20-33-35(30)29-15-7-8-19-32(29)43-33/h1-23H/i1D,3D,4D,11D,12D. The van der Waals surface area contributed by atoms with E-state index in [4.69, 9.17) is 30.6 Å². The normalized spacial score (nSPS) is 13.2. The third-order valence-electron chi connectivity index (χ3n) is 7.84. The van der Waals surface area contributed by atoms with Crippen LogP contribution in [0.5, 0.6) is 0 Å². The molecule has 3 aromatic heterocycles. The molecule has 0 atom stereocenters. The summed E-state index contributed by atoms with van der Waals surface area (Å²) in [5.41, 5.74) is 5.43. The summed E-state index contributed by atoms with van der Waals surface area (Å²) in [5.74, 6) is 1.41. The molecule has 0 spiro atoms. The zero-order chi connectivity index (χ0) is 33.4. The van der Waals surface area contributed by atoms with E-state index in [0.29, 0.717) is 39.8 Å². The van der Waals surface area contributed by atoms with Crippen molar-refractivity contribution in [3.8, 4) is 45.3 Å². The highest BCUT2D eigenvalue weighted by Gasteiger charge is 2.20. The maximum absolute atomic E-state index is 8.47. The van der Waals surface area contributed by atoms with Gasteiger partial charge in [-0.1, -0.05) is 109 Å². The summed E-state index contributed by atoms with van der Waals surface area (Å²) in [6, 6.07) is 32.8. The summed E-state index contributed by atoms with van der Waals surface area (Å²) < 4.78 is 53.9. The molecule has 0 bridgehead atoms. The Kier molecular flexibility index (Phi) is 4.42. The lowest BCUT2D eigenvalue weighted by Crippen LogP contribution is -2.00. The van der Waals surface area contributed by atoms with E-state index in [1.807, 2.05) is 97.1 Å². The summed E-state index contributed by atoms with van der Waals surface area (Å²) in [5, 5.41) is 3.51. The Hall–Kier alpha value is -6.07. The van der Waals surface area contributed by atoms with Crippen LogP contribution in [-0.4, -0.2) is 15.0 Å². The highest BCUT2D eigenvalue weighted by Crippen LogP contribution is 2.39. The van der Waals surface area contributed by atoms with E-state index in [1.165, 1.54) is 0 Å². The fourth-order valence-electron chi connectivity index (χ4n) is 5.82. The molecule has 3 heterocycles. The molecule has 0 unspecified atom stereocenters. The number of hydrogen-bond donors (Lipinski definition) is 0. The quantitative estimate of drug-likeness (QED) is 0.211. The van der Waals surface area contributed by atoms with Gasteiger partial charge in [-0.15, -0.1) is 0 Å². The van der Waals surface area contributed by atoms with Gasteiger partial charge in [0.2, 0.25) is 0 Å². The van der Waals surface area contributed by atoms with Crippen molar-refractivity contribution in [2.45, 2.75) is 0 Å². The van der Waals surface area contributed by atoms with Crippen LogP contribution >= 0.6 is 0 Å². The van der Waals surface area contributed by atoms with Crippen LogP contribution in [0.25, 0.3) is 89.2 Å². The lowest BCUT2D eigenvalue weighted by molar-refractivity contribution is 0.668. The van der Waals surface area contributed by atoms with Crippen molar-refractivity contribution >= 4 is 43.9 Å². The molecule has 6 aromatic carbocycles. The van der Waals surface area contributed by atoms with Crippen LogP contribution in [0.4, 0.5) is 0 Å². The van der Waals surface area contributed by atoms with Gasteiger partial charge >= 0.3 is 0 Å². The Bertz CT molecular complexity index is 2760. The van der Waals surface area contributed by atoms with Gasteiger partial charge in [0.05, 0.1) is 12.4 Å². The van der Waals surface area contributed by atoms with Gasteiger partial charge in [0, 0.05) is 32.7 Å². The van der Waals surface area contributed by atoms with E-state index >= 15 is 0 Å². The molecule has 0 aliphatic rings. The number of nitrogens with zero attached hydrogens (tertiary/aromatic N) is 3. The van der Waals surface area contributed by atoms with Crippen molar-refractivity contribution in [2.75, 3.05) is 0 Å². The van der Waals surface area contributed by atoms with Gasteiger partial charge in [0.25, 0.3) is 0 Å². The lowest BCUT2D eigenvalue weighted by atomic mass is 10.0. The summed E-state index contributed by atoms with van der Waals surface area (Å²) in [6.45, 7) is 0. The molecule has 206 valence electrons. The summed E-state index contributed by atoms with van der Waals surface area (Å²) in [4.78, 5) is 15.0. The second-order valence-electron chi connectivity index (χ2n) is 10.4. The first-order valence-corrected chi connectivity index (χ1v) is 14.1. The maximum atomic E-state index is 8.47. The van der Waals surface area contributed by atoms with Crippen LogP contribution in [0, 0.1) is 0 Å². The van der Waals surface area contributed by atoms with Crippen molar-refractivity contribution in [3.05, 3.63) is 139 Å². The third kappa shape index (κ3) is 3.91. The third-order valence-corrected chi connectivity index (χ3v) is 7.84. The predicted molar refractivity (Wildman–Crippen MR) is 176 cm³/mol. The first-order chi connectivity index (χ1) is 23.9. The molecule has 0 fully saturated rings. The zero-order valence-electron chi connectivity index (χ0n) is 28.1. The molecule has 0 aliphatic carbocycles. The Balaban J connectivity index is 1.27. The molecule has 9 rings (SSSR count). The molecule has 0 saturated carbocycles. The molecule has 9 aromatic rings. The summed E-state index contributed by atoms with van der Waals surface area (Å²) >= 11 is 0. The number of furan rings is 2. The average Bonchev–Trinajstić information content (AvgIpc) is 3.71. The highest BCUT2D eigenvalue weighted by atomic mass is 16.3. The van der Waals surface area contributed by atoms with E-state index < -0.39 is 6.04 Å². The molecule has 0 N–H and O–H groups in total. The van der Waals surface area contributed by atoms with E-state index in [-0.39, 0.29) is 29.7 Å². The number of para-hydroxylation sites is 2. The molecule has 44 heavy (non-hydrogen) atoms. The number of aromatic nitrogens is 3. The predicted octanol–water partition coefficient (Wildman–Crippen LogP) is 10.3. The van der Waals surface area contributed by atoms with Crippen LogP contribution in [0.2, 0.25) is 0 Å². The molecule has 0 amide bonds. The van der Waals surface area contributed by atoms with E-state index in [1.54, 1.807) is 12.1 Å². The fraction of sp³-hybridized carbons (Fsp3) is 0. The van der Waals surface area contributed by atoms with Gasteiger partial charge < -0.3 is 8.83 Å². The molecular formula is C39H23N3O2. The van der Waals surface area contributed by atoms with Crippen LogP contribution in [0.15, 0.2) is 148 Å². The number of hydrogen-bond acceptors (Lipinski definition) is 5. The van der Waals surface area contributed by atoms with Crippen LogP contribution in [0.1, 0.15) is 6.85 Å². The van der Waals surface area contributed by atoms with Crippen molar-refractivity contribution < 1.29 is 15.7 Å². The van der Waals surface area contributed by atoms with Crippen molar-refractivity contribution in [2.24, 2.45) is 0 Å². The van der Waals surface area contributed by atoms with Crippen molar-refractivity contribution in [1.82, 2.24) is 15.0 Å². The van der Waals surface area contributed by atoms with E-state index in [9.17, 15) is 0 Å². The lowest BCUT2D eigenvalue weighted by Gasteiger charge is -2.09. The maximum Gasteiger partial charge on any atom is 0.167 e. The van der Waals surface area contributed by atoms with Crippen LogP contribution in [-0.2, 0) is 0 Å². The highest BCUT2D eigenvalue weighted by molar-refractivity contribution is 6.12. The first kappa shape index (κ1) is 19.9. The van der Waals surface area contributed by atoms with E-state index in [2.05, 4.69) is 0 Å². The average molecular weight is 571 g/mol. The first-order valence-electron chi connectivity index (χ1n) is 16.6. The van der Waals surface area contributed by atoms with Crippen molar-refractivity contribution in [3.63, 3.8) is 0 Å². The van der Waals surface area contributed by atoms with Gasteiger partial charge in [-0.25, -0.2) is 15.0 Å².